The number of aromatic nitrogens is 4. The molecule has 0 atom stereocenters. The van der Waals surface area contributed by atoms with E-state index in [1.54, 1.807) is 6.20 Å². The Hall–Kier alpha value is -3.63. The van der Waals surface area contributed by atoms with Crippen molar-refractivity contribution in [1.82, 2.24) is 25.1 Å². The van der Waals surface area contributed by atoms with E-state index >= 15 is 0 Å². The smallest absolute Gasteiger partial charge is 0.241 e. The maximum atomic E-state index is 13.9. The molecule has 0 saturated carbocycles. The first-order chi connectivity index (χ1) is 13.5. The summed E-state index contributed by atoms with van der Waals surface area (Å²) in [6.07, 6.45) is 3.91. The Morgan fingerprint density at radius 1 is 1.14 bits per heavy atom. The molecule has 2 heterocycles. The number of carbonyl (C=O) groups excluding carboxylic acids is 1. The van der Waals surface area contributed by atoms with Crippen LogP contribution in [0.4, 0.5) is 30.6 Å². The molecule has 0 aliphatic rings. The molecule has 28 heavy (non-hydrogen) atoms. The van der Waals surface area contributed by atoms with Crippen molar-refractivity contribution in [2.24, 2.45) is 0 Å². The van der Waals surface area contributed by atoms with Gasteiger partial charge in [0.05, 0.1) is 18.1 Å². The minimum absolute atomic E-state index is 0.0312. The molecular weight excluding hydrogens is 375 g/mol. The molecule has 1 amide bonds. The first kappa shape index (κ1) is 19.1. The van der Waals surface area contributed by atoms with Gasteiger partial charge in [0.1, 0.15) is 18.2 Å². The van der Waals surface area contributed by atoms with Crippen LogP contribution >= 0.6 is 0 Å². The number of hydrogen-bond acceptors (Lipinski definition) is 6. The van der Waals surface area contributed by atoms with Crippen LogP contribution in [-0.2, 0) is 17.9 Å². The second-order valence-electron chi connectivity index (χ2n) is 5.67. The predicted octanol–water partition coefficient (Wildman–Crippen LogP) is 2.19. The average Bonchev–Trinajstić information content (AvgIpc) is 3.10. The summed E-state index contributed by atoms with van der Waals surface area (Å²) in [5, 5.41) is 11.8. The fourth-order valence-electron chi connectivity index (χ4n) is 2.29. The molecule has 3 rings (SSSR count). The van der Waals surface area contributed by atoms with E-state index in [0.717, 1.165) is 18.3 Å². The van der Waals surface area contributed by atoms with Crippen molar-refractivity contribution >= 4 is 23.4 Å². The van der Waals surface area contributed by atoms with E-state index in [2.05, 4.69) is 31.0 Å². The maximum absolute atomic E-state index is 13.9. The SMILES string of the molecule is CNC(=O)Cn1cc(Nc2ncc(F)c(NCc3c(F)cccc3F)n2)cn1. The molecule has 0 aliphatic carbocycles. The number of halogens is 3. The van der Waals surface area contributed by atoms with Gasteiger partial charge in [-0.3, -0.25) is 9.48 Å². The third-order valence-corrected chi connectivity index (χ3v) is 3.71. The predicted molar refractivity (Wildman–Crippen MR) is 95.3 cm³/mol. The Labute approximate surface area is 157 Å². The van der Waals surface area contributed by atoms with Crippen LogP contribution in [0.5, 0.6) is 0 Å². The van der Waals surface area contributed by atoms with Crippen LogP contribution in [0, 0.1) is 17.5 Å². The second kappa shape index (κ2) is 8.37. The number of rotatable bonds is 7. The molecule has 0 radical (unpaired) electrons. The van der Waals surface area contributed by atoms with Gasteiger partial charge in [0.25, 0.3) is 0 Å². The van der Waals surface area contributed by atoms with Crippen LogP contribution < -0.4 is 16.0 Å². The number of nitrogens with zero attached hydrogens (tertiary/aromatic N) is 4. The monoisotopic (exact) mass is 391 g/mol. The molecule has 146 valence electrons. The lowest BCUT2D eigenvalue weighted by Gasteiger charge is -2.10. The van der Waals surface area contributed by atoms with Crippen molar-refractivity contribution in [1.29, 1.82) is 0 Å². The molecule has 0 unspecified atom stereocenters. The lowest BCUT2D eigenvalue weighted by atomic mass is 10.2. The highest BCUT2D eigenvalue weighted by atomic mass is 19.1. The average molecular weight is 391 g/mol. The van der Waals surface area contributed by atoms with Crippen molar-refractivity contribution in [3.63, 3.8) is 0 Å². The molecule has 3 aromatic rings. The Kier molecular flexibility index (Phi) is 5.72. The Bertz CT molecular complexity index is 972. The fraction of sp³-hybridized carbons (Fsp3) is 0.176. The third-order valence-electron chi connectivity index (χ3n) is 3.71. The molecule has 2 aromatic heterocycles. The van der Waals surface area contributed by atoms with E-state index in [-0.39, 0.29) is 36.3 Å². The lowest BCUT2D eigenvalue weighted by Crippen LogP contribution is -2.23. The zero-order valence-electron chi connectivity index (χ0n) is 14.7. The summed E-state index contributed by atoms with van der Waals surface area (Å²) in [4.78, 5) is 19.1. The molecule has 8 nitrogen and oxygen atoms in total. The number of anilines is 3. The van der Waals surface area contributed by atoms with Crippen LogP contribution in [0.2, 0.25) is 0 Å². The molecule has 11 heteroatoms. The highest BCUT2D eigenvalue weighted by molar-refractivity contribution is 5.75. The fourth-order valence-corrected chi connectivity index (χ4v) is 2.29. The molecule has 0 bridgehead atoms. The summed E-state index contributed by atoms with van der Waals surface area (Å²) in [6.45, 7) is -0.264. The van der Waals surface area contributed by atoms with Crippen molar-refractivity contribution in [3.8, 4) is 0 Å². The summed E-state index contributed by atoms with van der Waals surface area (Å²) in [7, 11) is 1.51. The Balaban J connectivity index is 1.70. The van der Waals surface area contributed by atoms with Crippen LogP contribution in [-0.4, -0.2) is 32.7 Å². The van der Waals surface area contributed by atoms with Crippen molar-refractivity contribution < 1.29 is 18.0 Å². The van der Waals surface area contributed by atoms with E-state index in [1.807, 2.05) is 0 Å². The minimum atomic E-state index is -0.780. The van der Waals surface area contributed by atoms with Crippen LogP contribution in [0.15, 0.2) is 36.8 Å². The Morgan fingerprint density at radius 2 is 1.89 bits per heavy atom. The van der Waals surface area contributed by atoms with Gasteiger partial charge in [-0.05, 0) is 12.1 Å². The highest BCUT2D eigenvalue weighted by Crippen LogP contribution is 2.18. The first-order valence-electron chi connectivity index (χ1n) is 8.15. The molecule has 0 aliphatic heterocycles. The van der Waals surface area contributed by atoms with E-state index in [1.165, 1.54) is 24.0 Å². The van der Waals surface area contributed by atoms with Crippen LogP contribution in [0.25, 0.3) is 0 Å². The van der Waals surface area contributed by atoms with Crippen molar-refractivity contribution in [3.05, 3.63) is 59.8 Å². The first-order valence-corrected chi connectivity index (χ1v) is 8.15. The van der Waals surface area contributed by atoms with Crippen molar-refractivity contribution in [2.75, 3.05) is 17.7 Å². The van der Waals surface area contributed by atoms with Gasteiger partial charge in [0, 0.05) is 25.4 Å². The van der Waals surface area contributed by atoms with Gasteiger partial charge in [-0.2, -0.15) is 10.1 Å². The van der Waals surface area contributed by atoms with Gasteiger partial charge in [-0.1, -0.05) is 6.07 Å². The summed E-state index contributed by atoms with van der Waals surface area (Å²) < 4.78 is 42.7. The molecule has 0 saturated heterocycles. The van der Waals surface area contributed by atoms with Gasteiger partial charge in [0.15, 0.2) is 11.6 Å². The van der Waals surface area contributed by atoms with Gasteiger partial charge in [-0.25, -0.2) is 18.2 Å². The van der Waals surface area contributed by atoms with Gasteiger partial charge in [0.2, 0.25) is 11.9 Å². The van der Waals surface area contributed by atoms with Crippen LogP contribution in [0.1, 0.15) is 5.56 Å². The highest BCUT2D eigenvalue weighted by Gasteiger charge is 2.12. The summed E-state index contributed by atoms with van der Waals surface area (Å²) >= 11 is 0. The van der Waals surface area contributed by atoms with Gasteiger partial charge < -0.3 is 16.0 Å². The molecule has 1 aromatic carbocycles. The van der Waals surface area contributed by atoms with Crippen LogP contribution in [0.3, 0.4) is 0 Å². The second-order valence-corrected chi connectivity index (χ2v) is 5.67. The molecule has 0 fully saturated rings. The maximum Gasteiger partial charge on any atom is 0.241 e. The number of likely N-dealkylation sites (N-methyl/N-ethyl adjacent to an activating group) is 1. The van der Waals surface area contributed by atoms with E-state index < -0.39 is 17.5 Å². The standard InChI is InChI=1S/C17H16F3N7O/c1-21-15(28)9-27-8-10(5-24-27)25-17-23-7-14(20)16(26-17)22-6-11-12(18)3-2-4-13(11)19/h2-5,7-8H,6,9H2,1H3,(H,21,28)(H2,22,23,25,26). The number of benzene rings is 1. The summed E-state index contributed by atoms with van der Waals surface area (Å²) in [6, 6.07) is 3.46. The van der Waals surface area contributed by atoms with Crippen molar-refractivity contribution in [2.45, 2.75) is 13.1 Å². The zero-order chi connectivity index (χ0) is 20.1. The largest absolute Gasteiger partial charge is 0.363 e. The molecule has 0 spiro atoms. The van der Waals surface area contributed by atoms with E-state index in [9.17, 15) is 18.0 Å². The third kappa shape index (κ3) is 4.55. The zero-order valence-corrected chi connectivity index (χ0v) is 14.7. The lowest BCUT2D eigenvalue weighted by molar-refractivity contribution is -0.121. The number of amides is 1. The number of carbonyl (C=O) groups is 1. The number of nitrogens with one attached hydrogen (secondary N) is 3. The minimum Gasteiger partial charge on any atom is -0.363 e. The quantitative estimate of drug-likeness (QED) is 0.571. The van der Waals surface area contributed by atoms with Gasteiger partial charge in [-0.15, -0.1) is 0 Å². The topological polar surface area (TPSA) is 96.8 Å². The van der Waals surface area contributed by atoms with E-state index in [4.69, 9.17) is 0 Å². The Morgan fingerprint density at radius 3 is 2.61 bits per heavy atom. The van der Waals surface area contributed by atoms with E-state index in [0.29, 0.717) is 5.69 Å². The normalized spacial score (nSPS) is 10.6. The summed E-state index contributed by atoms with van der Waals surface area (Å²) in [5.74, 6) is -2.68. The number of hydrogen-bond donors (Lipinski definition) is 3. The molecule has 3 N–H and O–H groups in total. The van der Waals surface area contributed by atoms with Gasteiger partial charge >= 0.3 is 0 Å². The summed E-state index contributed by atoms with van der Waals surface area (Å²) in [5.41, 5.74) is 0.243. The molecular formula is C17H16F3N7O.